The number of halogens is 2. The Hall–Kier alpha value is -0.770. The third-order valence-electron chi connectivity index (χ3n) is 6.03. The summed E-state index contributed by atoms with van der Waals surface area (Å²) >= 11 is -0.0616. The zero-order chi connectivity index (χ0) is 18.1. The molecule has 0 radical (unpaired) electrons. The van der Waals surface area contributed by atoms with Gasteiger partial charge >= 0.3 is 165 Å². The summed E-state index contributed by atoms with van der Waals surface area (Å²) in [5.41, 5.74) is 1.15. The molecule has 2 N–H and O–H groups in total. The number of quaternary nitrogens is 1. The van der Waals surface area contributed by atoms with Gasteiger partial charge in [-0.3, -0.25) is 0 Å². The number of benzene rings is 1. The number of rotatable bonds is 5. The van der Waals surface area contributed by atoms with Gasteiger partial charge < -0.3 is 0 Å². The zero-order valence-corrected chi connectivity index (χ0v) is 17.1. The standard InChI is InChI=1S/C19H27FIN3O2/c20-16-3-1-14(2-4-16)5-8-23-13-17(12-21-23)22-19(25)18-11-15-6-9-24(18,26)10-7-15/h1-4,15,17-18,26H,5-13H2,(H,22,25)/t15?,17-,18?,24?/m0/s1. The molecule has 7 heteroatoms. The number of hydrogen-bond donors (Lipinski definition) is 2. The van der Waals surface area contributed by atoms with Crippen molar-refractivity contribution in [2.24, 2.45) is 5.92 Å². The maximum absolute atomic E-state index is 13.0. The van der Waals surface area contributed by atoms with Gasteiger partial charge in [-0.25, -0.2) is 0 Å². The number of carbonyl (C=O) groups excluding carboxylic acids is 1. The first kappa shape index (κ1) is 18.6. The van der Waals surface area contributed by atoms with E-state index in [1.54, 1.807) is 0 Å². The molecule has 26 heavy (non-hydrogen) atoms. The molecule has 2 bridgehead atoms. The van der Waals surface area contributed by atoms with Gasteiger partial charge in [0.25, 0.3) is 0 Å². The molecule has 2 atom stereocenters. The fraction of sp³-hybridized carbons (Fsp3) is 0.632. The molecule has 0 saturated carbocycles. The molecule has 4 aliphatic rings. The summed E-state index contributed by atoms with van der Waals surface area (Å²) in [6.07, 6.45) is 3.85. The van der Waals surface area contributed by atoms with E-state index in [1.165, 1.54) is 12.1 Å². The molecular formula is C19H27FIN3O2. The van der Waals surface area contributed by atoms with E-state index in [-0.39, 0.29) is 49.9 Å². The second kappa shape index (κ2) is 7.69. The van der Waals surface area contributed by atoms with E-state index < -0.39 is 0 Å². The predicted octanol–water partition coefficient (Wildman–Crippen LogP) is -1.44. The SMILES string of the molecule is O=C(N[C@H]1C[I-]N(CCc2ccc(F)cc2)C1)C1CC2CC[N+]1(O)CC2. The minimum absolute atomic E-state index is 0.0433. The van der Waals surface area contributed by atoms with Crippen molar-refractivity contribution in [1.29, 1.82) is 0 Å². The molecule has 4 heterocycles. The Morgan fingerprint density at radius 3 is 2.73 bits per heavy atom. The molecule has 0 spiro atoms. The molecule has 5 nitrogen and oxygen atoms in total. The zero-order valence-electron chi connectivity index (χ0n) is 14.9. The molecule has 1 unspecified atom stereocenters. The van der Waals surface area contributed by atoms with Crippen LogP contribution >= 0.6 is 0 Å². The number of amides is 1. The first-order chi connectivity index (χ1) is 12.5. The molecule has 5 rings (SSSR count). The van der Waals surface area contributed by atoms with Crippen LogP contribution in [0.15, 0.2) is 24.3 Å². The summed E-state index contributed by atoms with van der Waals surface area (Å²) in [5, 5.41) is 14.0. The number of fused-ring (bicyclic) bond motifs is 3. The average molecular weight is 475 g/mol. The quantitative estimate of drug-likeness (QED) is 0.238. The Morgan fingerprint density at radius 1 is 1.31 bits per heavy atom. The van der Waals surface area contributed by atoms with Crippen LogP contribution in [0.2, 0.25) is 0 Å². The Bertz CT molecular complexity index is 649. The van der Waals surface area contributed by atoms with Crippen molar-refractivity contribution in [2.75, 3.05) is 30.6 Å². The van der Waals surface area contributed by atoms with Gasteiger partial charge in [0.2, 0.25) is 0 Å². The van der Waals surface area contributed by atoms with Crippen LogP contribution in [0.3, 0.4) is 0 Å². The van der Waals surface area contributed by atoms with Crippen LogP contribution in [0.5, 0.6) is 0 Å². The van der Waals surface area contributed by atoms with Crippen LogP contribution in [0, 0.1) is 11.7 Å². The van der Waals surface area contributed by atoms with Crippen molar-refractivity contribution in [2.45, 2.75) is 37.8 Å². The van der Waals surface area contributed by atoms with Crippen LogP contribution in [0.1, 0.15) is 24.8 Å². The van der Waals surface area contributed by atoms with E-state index in [0.717, 1.165) is 61.9 Å². The van der Waals surface area contributed by atoms with E-state index in [1.807, 2.05) is 12.1 Å². The number of nitrogens with zero attached hydrogens (tertiary/aromatic N) is 2. The Kier molecular flexibility index (Phi) is 5.50. The van der Waals surface area contributed by atoms with Crippen molar-refractivity contribution < 1.29 is 40.5 Å². The van der Waals surface area contributed by atoms with Crippen LogP contribution in [-0.4, -0.2) is 61.6 Å². The van der Waals surface area contributed by atoms with Crippen molar-refractivity contribution in [3.63, 3.8) is 0 Å². The number of carbonyl (C=O) groups is 1. The summed E-state index contributed by atoms with van der Waals surface area (Å²) in [6.45, 7) is 3.33. The number of piperidine rings is 3. The van der Waals surface area contributed by atoms with Gasteiger partial charge in [0, 0.05) is 0 Å². The molecule has 4 saturated heterocycles. The summed E-state index contributed by atoms with van der Waals surface area (Å²) in [6, 6.07) is 6.67. The number of nitrogens with one attached hydrogen (secondary N) is 1. The van der Waals surface area contributed by atoms with E-state index in [2.05, 4.69) is 8.43 Å². The predicted molar refractivity (Wildman–Crippen MR) is 91.4 cm³/mol. The van der Waals surface area contributed by atoms with Crippen LogP contribution in [0.4, 0.5) is 4.39 Å². The van der Waals surface area contributed by atoms with Gasteiger partial charge in [-0.05, 0) is 0 Å². The molecule has 4 fully saturated rings. The summed E-state index contributed by atoms with van der Waals surface area (Å²) in [4.78, 5) is 12.7. The monoisotopic (exact) mass is 475 g/mol. The fourth-order valence-corrected chi connectivity index (χ4v) is 7.27. The van der Waals surface area contributed by atoms with Gasteiger partial charge in [0.1, 0.15) is 0 Å². The van der Waals surface area contributed by atoms with E-state index >= 15 is 0 Å². The molecule has 1 amide bonds. The normalized spacial score (nSPS) is 34.5. The summed E-state index contributed by atoms with van der Waals surface area (Å²) in [7, 11) is 0. The van der Waals surface area contributed by atoms with Gasteiger partial charge in [-0.15, -0.1) is 0 Å². The molecule has 0 aromatic heterocycles. The third kappa shape index (κ3) is 4.05. The molecule has 1 aromatic carbocycles. The van der Waals surface area contributed by atoms with Crippen LogP contribution in [0.25, 0.3) is 0 Å². The second-order valence-corrected chi connectivity index (χ2v) is 10.8. The number of hydroxylamine groups is 3. The molecule has 1 aromatic rings. The van der Waals surface area contributed by atoms with Gasteiger partial charge in [0.15, 0.2) is 0 Å². The minimum atomic E-state index is -0.269. The van der Waals surface area contributed by atoms with Crippen molar-refractivity contribution in [3.05, 3.63) is 35.6 Å². The summed E-state index contributed by atoms with van der Waals surface area (Å²) in [5.74, 6) is 0.467. The Labute approximate surface area is 164 Å². The Morgan fingerprint density at radius 2 is 2.04 bits per heavy atom. The summed E-state index contributed by atoms with van der Waals surface area (Å²) < 4.78 is 16.5. The fourth-order valence-electron chi connectivity index (χ4n) is 4.40. The van der Waals surface area contributed by atoms with E-state index in [0.29, 0.717) is 5.92 Å². The van der Waals surface area contributed by atoms with Crippen molar-refractivity contribution in [3.8, 4) is 0 Å². The third-order valence-corrected chi connectivity index (χ3v) is 9.33. The molecule has 4 aliphatic heterocycles. The van der Waals surface area contributed by atoms with Gasteiger partial charge in [-0.1, -0.05) is 0 Å². The van der Waals surface area contributed by atoms with Crippen molar-refractivity contribution >= 4 is 5.91 Å². The molecular weight excluding hydrogens is 448 g/mol. The van der Waals surface area contributed by atoms with Gasteiger partial charge in [-0.2, -0.15) is 0 Å². The molecule has 144 valence electrons. The van der Waals surface area contributed by atoms with Crippen LogP contribution < -0.4 is 26.8 Å². The van der Waals surface area contributed by atoms with Crippen LogP contribution in [-0.2, 0) is 11.2 Å². The topological polar surface area (TPSA) is 52.6 Å². The van der Waals surface area contributed by atoms with Gasteiger partial charge in [0.05, 0.1) is 0 Å². The molecule has 0 aliphatic carbocycles. The average Bonchev–Trinajstić information content (AvgIpc) is 3.09. The van der Waals surface area contributed by atoms with E-state index in [9.17, 15) is 14.4 Å². The first-order valence-corrected chi connectivity index (χ1v) is 12.0. The van der Waals surface area contributed by atoms with Crippen molar-refractivity contribution in [1.82, 2.24) is 8.43 Å². The number of hydrogen-bond acceptors (Lipinski definition) is 3. The number of alkyl halides is 1. The first-order valence-electron chi connectivity index (χ1n) is 9.50. The Balaban J connectivity index is 1.25. The maximum atomic E-state index is 13.0. The second-order valence-electron chi connectivity index (χ2n) is 7.85. The van der Waals surface area contributed by atoms with E-state index in [4.69, 9.17) is 0 Å².